The van der Waals surface area contributed by atoms with E-state index >= 15 is 0 Å². The van der Waals surface area contributed by atoms with E-state index < -0.39 is 0 Å². The molecule has 26 heavy (non-hydrogen) atoms. The summed E-state index contributed by atoms with van der Waals surface area (Å²) in [6.07, 6.45) is 2.57. The first kappa shape index (κ1) is 17.7. The summed E-state index contributed by atoms with van der Waals surface area (Å²) in [5.41, 5.74) is 8.14. The number of anilines is 1. The number of hydrogen-bond donors (Lipinski definition) is 3. The first-order valence-corrected chi connectivity index (χ1v) is 8.49. The molecule has 0 aliphatic rings. The molecule has 3 aromatic rings. The topological polar surface area (TPSA) is 119 Å². The van der Waals surface area contributed by atoms with Gasteiger partial charge in [0.05, 0.1) is 11.6 Å². The van der Waals surface area contributed by atoms with E-state index in [4.69, 9.17) is 5.73 Å². The zero-order valence-corrected chi connectivity index (χ0v) is 15.0. The van der Waals surface area contributed by atoms with Crippen LogP contribution in [0.5, 0.6) is 0 Å². The SMILES string of the molecule is CCc1cccc2c(C(C)=O)cn(CC(=O)N[C@H](C)c3nc(N)n[nH]3)c12. The van der Waals surface area contributed by atoms with Crippen LogP contribution in [-0.2, 0) is 17.8 Å². The number of aromatic amines is 1. The van der Waals surface area contributed by atoms with Gasteiger partial charge in [0, 0.05) is 17.1 Å². The van der Waals surface area contributed by atoms with Gasteiger partial charge in [0.2, 0.25) is 11.9 Å². The number of nitrogens with two attached hydrogens (primary N) is 1. The molecule has 0 radical (unpaired) electrons. The van der Waals surface area contributed by atoms with Gasteiger partial charge >= 0.3 is 0 Å². The van der Waals surface area contributed by atoms with Crippen LogP contribution in [0, 0.1) is 0 Å². The summed E-state index contributed by atoms with van der Waals surface area (Å²) in [6, 6.07) is 5.51. The van der Waals surface area contributed by atoms with Crippen LogP contribution in [0.15, 0.2) is 24.4 Å². The van der Waals surface area contributed by atoms with E-state index in [1.165, 1.54) is 6.92 Å². The van der Waals surface area contributed by atoms with Crippen LogP contribution in [0.4, 0.5) is 5.95 Å². The second-order valence-electron chi connectivity index (χ2n) is 6.26. The molecular weight excluding hydrogens is 332 g/mol. The van der Waals surface area contributed by atoms with E-state index in [1.54, 1.807) is 13.1 Å². The molecule has 0 saturated carbocycles. The lowest BCUT2D eigenvalue weighted by Gasteiger charge is -2.13. The minimum Gasteiger partial charge on any atom is -0.367 e. The molecule has 136 valence electrons. The smallest absolute Gasteiger partial charge is 0.240 e. The fourth-order valence-electron chi connectivity index (χ4n) is 3.12. The average molecular weight is 354 g/mol. The molecule has 2 aromatic heterocycles. The highest BCUT2D eigenvalue weighted by Crippen LogP contribution is 2.26. The van der Waals surface area contributed by atoms with Crippen molar-refractivity contribution in [2.75, 3.05) is 5.73 Å². The standard InChI is InChI=1S/C18H22N6O2/c1-4-12-6-5-7-13-14(11(3)25)8-24(16(12)13)9-15(26)20-10(2)17-21-18(19)23-22-17/h5-8,10H,4,9H2,1-3H3,(H,20,26)(H3,19,21,22,23)/t10-/m1/s1. The van der Waals surface area contributed by atoms with E-state index in [9.17, 15) is 9.59 Å². The number of carbonyl (C=O) groups is 2. The lowest BCUT2D eigenvalue weighted by molar-refractivity contribution is -0.122. The van der Waals surface area contributed by atoms with Gasteiger partial charge in [-0.2, -0.15) is 4.98 Å². The van der Waals surface area contributed by atoms with Crippen LogP contribution >= 0.6 is 0 Å². The number of nitrogens with one attached hydrogen (secondary N) is 2. The normalized spacial score (nSPS) is 12.3. The van der Waals surface area contributed by atoms with Gasteiger partial charge in [-0.3, -0.25) is 14.7 Å². The van der Waals surface area contributed by atoms with Crippen molar-refractivity contribution < 1.29 is 9.59 Å². The molecule has 8 nitrogen and oxygen atoms in total. The largest absolute Gasteiger partial charge is 0.367 e. The van der Waals surface area contributed by atoms with Gasteiger partial charge in [0.1, 0.15) is 12.4 Å². The summed E-state index contributed by atoms with van der Waals surface area (Å²) in [5, 5.41) is 10.2. The summed E-state index contributed by atoms with van der Waals surface area (Å²) in [7, 11) is 0. The third-order valence-electron chi connectivity index (χ3n) is 4.36. The van der Waals surface area contributed by atoms with Crippen molar-refractivity contribution in [3.05, 3.63) is 41.3 Å². The van der Waals surface area contributed by atoms with Gasteiger partial charge < -0.3 is 15.6 Å². The van der Waals surface area contributed by atoms with Gasteiger partial charge in [0.25, 0.3) is 0 Å². The van der Waals surface area contributed by atoms with Crippen molar-refractivity contribution in [2.24, 2.45) is 0 Å². The first-order chi connectivity index (χ1) is 12.4. The quantitative estimate of drug-likeness (QED) is 0.585. The molecule has 1 aromatic carbocycles. The molecule has 0 fully saturated rings. The van der Waals surface area contributed by atoms with Crippen molar-refractivity contribution in [2.45, 2.75) is 39.8 Å². The summed E-state index contributed by atoms with van der Waals surface area (Å²) < 4.78 is 1.84. The second kappa shape index (κ2) is 6.99. The zero-order valence-electron chi connectivity index (χ0n) is 15.0. The summed E-state index contributed by atoms with van der Waals surface area (Å²) in [5.74, 6) is 0.418. The molecule has 0 aliphatic heterocycles. The number of para-hydroxylation sites is 1. The van der Waals surface area contributed by atoms with Gasteiger partial charge in [-0.05, 0) is 25.8 Å². The molecule has 3 rings (SSSR count). The highest BCUT2D eigenvalue weighted by atomic mass is 16.2. The number of Topliss-reactive ketones (excluding diaryl/α,β-unsaturated/α-hetero) is 1. The maximum Gasteiger partial charge on any atom is 0.240 e. The van der Waals surface area contributed by atoms with Crippen molar-refractivity contribution in [1.29, 1.82) is 0 Å². The maximum atomic E-state index is 12.5. The average Bonchev–Trinajstić information content (AvgIpc) is 3.19. The number of aromatic nitrogens is 4. The Kier molecular flexibility index (Phi) is 4.75. The number of hydrogen-bond acceptors (Lipinski definition) is 5. The predicted molar refractivity (Wildman–Crippen MR) is 98.7 cm³/mol. The Morgan fingerprint density at radius 1 is 1.38 bits per heavy atom. The van der Waals surface area contributed by atoms with E-state index in [0.717, 1.165) is 22.9 Å². The Hall–Kier alpha value is -3.16. The van der Waals surface area contributed by atoms with Gasteiger partial charge in [0.15, 0.2) is 5.78 Å². The highest BCUT2D eigenvalue weighted by molar-refractivity contribution is 6.07. The maximum absolute atomic E-state index is 12.5. The molecule has 1 atom stereocenters. The van der Waals surface area contributed by atoms with E-state index in [-0.39, 0.29) is 30.2 Å². The summed E-state index contributed by atoms with van der Waals surface area (Å²) >= 11 is 0. The lowest BCUT2D eigenvalue weighted by atomic mass is 10.1. The van der Waals surface area contributed by atoms with Crippen molar-refractivity contribution in [1.82, 2.24) is 25.1 Å². The van der Waals surface area contributed by atoms with Gasteiger partial charge in [-0.15, -0.1) is 5.10 Å². The Bertz CT molecular complexity index is 971. The number of H-pyrrole nitrogens is 1. The van der Waals surface area contributed by atoms with E-state index in [0.29, 0.717) is 11.4 Å². The van der Waals surface area contributed by atoms with Crippen molar-refractivity contribution in [3.8, 4) is 0 Å². The number of carbonyl (C=O) groups excluding carboxylic acids is 2. The van der Waals surface area contributed by atoms with Crippen molar-refractivity contribution >= 4 is 28.5 Å². The monoisotopic (exact) mass is 354 g/mol. The number of benzene rings is 1. The predicted octanol–water partition coefficient (Wildman–Crippen LogP) is 1.98. The minimum atomic E-state index is -0.355. The van der Waals surface area contributed by atoms with E-state index in [2.05, 4.69) is 27.4 Å². The van der Waals surface area contributed by atoms with Gasteiger partial charge in [-0.1, -0.05) is 25.1 Å². The van der Waals surface area contributed by atoms with Crippen molar-refractivity contribution in [3.63, 3.8) is 0 Å². The third-order valence-corrected chi connectivity index (χ3v) is 4.36. The molecule has 4 N–H and O–H groups in total. The number of aryl methyl sites for hydroxylation is 1. The minimum absolute atomic E-state index is 0.0204. The fourth-order valence-corrected chi connectivity index (χ4v) is 3.12. The van der Waals surface area contributed by atoms with E-state index in [1.807, 2.05) is 22.8 Å². The van der Waals surface area contributed by atoms with Crippen LogP contribution < -0.4 is 11.1 Å². The zero-order chi connectivity index (χ0) is 18.8. The molecule has 0 aliphatic carbocycles. The Labute approximate surface area is 150 Å². The second-order valence-corrected chi connectivity index (χ2v) is 6.26. The molecule has 0 unspecified atom stereocenters. The fraction of sp³-hybridized carbons (Fsp3) is 0.333. The van der Waals surface area contributed by atoms with Crippen LogP contribution in [0.2, 0.25) is 0 Å². The molecule has 0 saturated heterocycles. The first-order valence-electron chi connectivity index (χ1n) is 8.49. The third kappa shape index (κ3) is 3.30. The van der Waals surface area contributed by atoms with Gasteiger partial charge in [-0.25, -0.2) is 0 Å². The molecule has 2 heterocycles. The molecular formula is C18H22N6O2. The van der Waals surface area contributed by atoms with Crippen LogP contribution in [0.1, 0.15) is 48.6 Å². The number of nitrogens with zero attached hydrogens (tertiary/aromatic N) is 3. The lowest BCUT2D eigenvalue weighted by Crippen LogP contribution is -2.30. The number of ketones is 1. The summed E-state index contributed by atoms with van der Waals surface area (Å²) in [6.45, 7) is 5.49. The number of nitrogen functional groups attached to an aromatic ring is 1. The van der Waals surface area contributed by atoms with Crippen LogP contribution in [0.25, 0.3) is 10.9 Å². The van der Waals surface area contributed by atoms with Crippen LogP contribution in [0.3, 0.4) is 0 Å². The Morgan fingerprint density at radius 3 is 2.77 bits per heavy atom. The Morgan fingerprint density at radius 2 is 2.15 bits per heavy atom. The number of amides is 1. The molecule has 0 bridgehead atoms. The number of rotatable bonds is 6. The van der Waals surface area contributed by atoms with Crippen LogP contribution in [-0.4, -0.2) is 31.4 Å². The molecule has 1 amide bonds. The number of fused-ring (bicyclic) bond motifs is 1. The Balaban J connectivity index is 1.88. The molecule has 8 heteroatoms. The summed E-state index contributed by atoms with van der Waals surface area (Å²) in [4.78, 5) is 28.5. The highest BCUT2D eigenvalue weighted by Gasteiger charge is 2.18. The molecule has 0 spiro atoms.